The number of piperidine rings is 2. The highest BCUT2D eigenvalue weighted by molar-refractivity contribution is 5.81. The molecule has 0 saturated carbocycles. The molecule has 3 rings (SSSR count). The van der Waals surface area contributed by atoms with Crippen LogP contribution in [0.1, 0.15) is 45.0 Å². The Bertz CT molecular complexity index is 703. The normalized spacial score (nSPS) is 21.2. The van der Waals surface area contributed by atoms with E-state index in [0.717, 1.165) is 24.1 Å². The molecule has 29 heavy (non-hydrogen) atoms. The molecule has 2 aliphatic rings. The molecule has 0 N–H and O–H groups in total. The van der Waals surface area contributed by atoms with Gasteiger partial charge in [0.15, 0.2) is 0 Å². The lowest BCUT2D eigenvalue weighted by molar-refractivity contribution is -0.142. The van der Waals surface area contributed by atoms with Gasteiger partial charge in [-0.3, -0.25) is 19.1 Å². The summed E-state index contributed by atoms with van der Waals surface area (Å²) in [7, 11) is 1.72. The van der Waals surface area contributed by atoms with E-state index in [0.29, 0.717) is 31.8 Å². The van der Waals surface area contributed by atoms with E-state index < -0.39 is 6.55 Å². The fourth-order valence-electron chi connectivity index (χ4n) is 4.30. The van der Waals surface area contributed by atoms with Crippen molar-refractivity contribution in [1.29, 1.82) is 0 Å². The second-order valence-corrected chi connectivity index (χ2v) is 8.39. The van der Waals surface area contributed by atoms with Crippen LogP contribution in [0.5, 0.6) is 0 Å². The fourth-order valence-corrected chi connectivity index (χ4v) is 4.30. The van der Waals surface area contributed by atoms with Gasteiger partial charge in [-0.15, -0.1) is 0 Å². The number of amides is 2. The highest BCUT2D eigenvalue weighted by Crippen LogP contribution is 2.24. The van der Waals surface area contributed by atoms with Gasteiger partial charge in [0.2, 0.25) is 11.8 Å². The van der Waals surface area contributed by atoms with E-state index in [1.54, 1.807) is 16.8 Å². The summed E-state index contributed by atoms with van der Waals surface area (Å²) in [6.07, 6.45) is 6.20. The zero-order valence-corrected chi connectivity index (χ0v) is 17.3. The topological polar surface area (TPSA) is 61.7 Å². The molecule has 2 saturated heterocycles. The molecule has 0 aliphatic carbocycles. The summed E-state index contributed by atoms with van der Waals surface area (Å²) in [6.45, 7) is 2.68. The minimum atomic E-state index is -2.64. The number of imidazole rings is 1. The predicted molar refractivity (Wildman–Crippen MR) is 104 cm³/mol. The quantitative estimate of drug-likeness (QED) is 0.720. The zero-order chi connectivity index (χ0) is 21.0. The van der Waals surface area contributed by atoms with Gasteiger partial charge < -0.3 is 9.80 Å². The Morgan fingerprint density at radius 3 is 2.59 bits per heavy atom. The number of likely N-dealkylation sites (tertiary alicyclic amines) is 2. The zero-order valence-electron chi connectivity index (χ0n) is 17.3. The molecule has 1 aromatic rings. The van der Waals surface area contributed by atoms with Crippen molar-refractivity contribution in [3.63, 3.8) is 0 Å². The van der Waals surface area contributed by atoms with Gasteiger partial charge in [-0.05, 0) is 38.6 Å². The van der Waals surface area contributed by atoms with E-state index in [-0.39, 0.29) is 36.6 Å². The minimum absolute atomic E-state index is 0.000554. The van der Waals surface area contributed by atoms with Crippen LogP contribution in [0, 0.1) is 11.8 Å². The van der Waals surface area contributed by atoms with E-state index in [4.69, 9.17) is 0 Å². The number of nitrogens with zero attached hydrogens (tertiary/aromatic N) is 5. The third-order valence-corrected chi connectivity index (χ3v) is 5.94. The molecular weight excluding hydrogens is 380 g/mol. The number of hydrogen-bond acceptors (Lipinski definition) is 4. The summed E-state index contributed by atoms with van der Waals surface area (Å²) in [5.41, 5.74) is 0. The minimum Gasteiger partial charge on any atom is -0.342 e. The Morgan fingerprint density at radius 1 is 1.21 bits per heavy atom. The van der Waals surface area contributed by atoms with Crippen molar-refractivity contribution in [2.45, 2.75) is 45.7 Å². The second-order valence-electron chi connectivity index (χ2n) is 8.39. The molecule has 1 aromatic heterocycles. The van der Waals surface area contributed by atoms with Crippen LogP contribution in [0.2, 0.25) is 0 Å². The number of likely N-dealkylation sites (N-methyl/N-ethyl adjacent to an activating group) is 1. The number of aromatic nitrogens is 2. The van der Waals surface area contributed by atoms with Crippen LogP contribution >= 0.6 is 0 Å². The van der Waals surface area contributed by atoms with Crippen LogP contribution in [-0.4, -0.2) is 75.8 Å². The number of carbonyl (C=O) groups is 2. The largest absolute Gasteiger partial charge is 0.342 e. The average Bonchev–Trinajstić information content (AvgIpc) is 3.15. The van der Waals surface area contributed by atoms with Crippen LogP contribution in [0.3, 0.4) is 0 Å². The molecular formula is C20H31F2N5O2. The van der Waals surface area contributed by atoms with Crippen LogP contribution in [0.25, 0.3) is 0 Å². The van der Waals surface area contributed by atoms with Crippen LogP contribution in [0.15, 0.2) is 12.4 Å². The van der Waals surface area contributed by atoms with Gasteiger partial charge >= 0.3 is 6.55 Å². The van der Waals surface area contributed by atoms with Crippen LogP contribution < -0.4 is 0 Å². The van der Waals surface area contributed by atoms with Crippen molar-refractivity contribution in [3.8, 4) is 0 Å². The van der Waals surface area contributed by atoms with Crippen molar-refractivity contribution < 1.29 is 18.4 Å². The molecule has 2 aliphatic heterocycles. The van der Waals surface area contributed by atoms with E-state index in [9.17, 15) is 18.4 Å². The first-order valence-electron chi connectivity index (χ1n) is 10.4. The van der Waals surface area contributed by atoms with Gasteiger partial charge in [0, 0.05) is 44.5 Å². The number of hydrogen-bond donors (Lipinski definition) is 0. The Kier molecular flexibility index (Phi) is 7.21. The Hall–Kier alpha value is -2.03. The highest BCUT2D eigenvalue weighted by atomic mass is 19.3. The average molecular weight is 411 g/mol. The molecule has 0 radical (unpaired) electrons. The maximum absolute atomic E-state index is 12.9. The molecule has 0 bridgehead atoms. The monoisotopic (exact) mass is 411 g/mol. The Labute approximate surface area is 170 Å². The van der Waals surface area contributed by atoms with E-state index in [1.165, 1.54) is 18.8 Å². The second kappa shape index (κ2) is 9.65. The summed E-state index contributed by atoms with van der Waals surface area (Å²) >= 11 is 0. The van der Waals surface area contributed by atoms with Crippen molar-refractivity contribution in [2.24, 2.45) is 11.8 Å². The van der Waals surface area contributed by atoms with E-state index >= 15 is 0 Å². The van der Waals surface area contributed by atoms with E-state index in [2.05, 4.69) is 11.9 Å². The van der Waals surface area contributed by atoms with Gasteiger partial charge in [0.25, 0.3) is 0 Å². The molecule has 1 atom stereocenters. The van der Waals surface area contributed by atoms with Crippen molar-refractivity contribution in [2.75, 3.05) is 39.8 Å². The molecule has 7 nitrogen and oxygen atoms in total. The third-order valence-electron chi connectivity index (χ3n) is 5.94. The number of halogens is 2. The number of carbonyl (C=O) groups excluding carboxylic acids is 2. The van der Waals surface area contributed by atoms with Gasteiger partial charge in [0.05, 0.1) is 13.1 Å². The maximum atomic E-state index is 12.9. The SMILES string of the molecule is CC1CCCN(C(=O)C2CCN(C(=O)CN(C)Cc3nccn3C(F)F)CC2)C1. The molecule has 2 amide bonds. The summed E-state index contributed by atoms with van der Waals surface area (Å²) in [5, 5.41) is 0. The number of rotatable bonds is 6. The predicted octanol–water partition coefficient (Wildman–Crippen LogP) is 2.21. The van der Waals surface area contributed by atoms with Crippen molar-refractivity contribution >= 4 is 11.8 Å². The molecule has 9 heteroatoms. The fraction of sp³-hybridized carbons (Fsp3) is 0.750. The van der Waals surface area contributed by atoms with Crippen LogP contribution in [0.4, 0.5) is 8.78 Å². The van der Waals surface area contributed by atoms with Gasteiger partial charge in [-0.1, -0.05) is 6.92 Å². The summed E-state index contributed by atoms with van der Waals surface area (Å²) < 4.78 is 26.6. The molecule has 0 spiro atoms. The van der Waals surface area contributed by atoms with Gasteiger partial charge in [0.1, 0.15) is 5.82 Å². The standard InChI is InChI=1S/C20H31F2N5O2/c1-15-4-3-8-26(12-15)19(29)16-5-9-25(10-6-16)18(28)14-24(2)13-17-23-7-11-27(17)20(21)22/h7,11,15-16,20H,3-6,8-10,12-14H2,1-2H3. The van der Waals surface area contributed by atoms with Gasteiger partial charge in [-0.2, -0.15) is 8.78 Å². The maximum Gasteiger partial charge on any atom is 0.319 e. The molecule has 0 aromatic carbocycles. The van der Waals surface area contributed by atoms with E-state index in [1.807, 2.05) is 4.90 Å². The lowest BCUT2D eigenvalue weighted by Crippen LogP contribution is -2.48. The molecule has 2 fully saturated rings. The Morgan fingerprint density at radius 2 is 1.93 bits per heavy atom. The lowest BCUT2D eigenvalue weighted by atomic mass is 9.92. The smallest absolute Gasteiger partial charge is 0.319 e. The highest BCUT2D eigenvalue weighted by Gasteiger charge is 2.32. The van der Waals surface area contributed by atoms with Crippen molar-refractivity contribution in [3.05, 3.63) is 18.2 Å². The first-order chi connectivity index (χ1) is 13.8. The molecule has 1 unspecified atom stereocenters. The molecule has 3 heterocycles. The molecule has 162 valence electrons. The third kappa shape index (κ3) is 5.52. The number of alkyl halides is 2. The first-order valence-corrected chi connectivity index (χ1v) is 10.4. The summed E-state index contributed by atoms with van der Waals surface area (Å²) in [6, 6.07) is 0. The summed E-state index contributed by atoms with van der Waals surface area (Å²) in [4.78, 5) is 34.8. The van der Waals surface area contributed by atoms with Gasteiger partial charge in [-0.25, -0.2) is 4.98 Å². The summed E-state index contributed by atoms with van der Waals surface area (Å²) in [5.74, 6) is 0.987. The first kappa shape index (κ1) is 21.7. The lowest BCUT2D eigenvalue weighted by Gasteiger charge is -2.37. The van der Waals surface area contributed by atoms with Crippen molar-refractivity contribution in [1.82, 2.24) is 24.3 Å². The van der Waals surface area contributed by atoms with Crippen LogP contribution in [-0.2, 0) is 16.1 Å². The Balaban J connectivity index is 1.44.